The number of benzene rings is 1. The maximum absolute atomic E-state index is 13.6. The lowest BCUT2D eigenvalue weighted by atomic mass is 10.2. The van der Waals surface area contributed by atoms with Crippen molar-refractivity contribution in [2.24, 2.45) is 0 Å². The first-order chi connectivity index (χ1) is 9.34. The quantitative estimate of drug-likeness (QED) is 0.757. The van der Waals surface area contributed by atoms with Crippen LogP contribution in [-0.4, -0.2) is 42.2 Å². The minimum absolute atomic E-state index is 0.0142. The van der Waals surface area contributed by atoms with Gasteiger partial charge in [0, 0.05) is 12.6 Å². The number of nitrogens with one attached hydrogen (secondary N) is 1. The molecular formula is C14H20F2N2O2. The second kappa shape index (κ2) is 7.19. The van der Waals surface area contributed by atoms with E-state index in [1.165, 1.54) is 6.07 Å². The van der Waals surface area contributed by atoms with Gasteiger partial charge in [0.05, 0.1) is 11.3 Å². The normalized spacial score (nSPS) is 11.2. The highest BCUT2D eigenvalue weighted by atomic mass is 19.2. The highest BCUT2D eigenvalue weighted by Crippen LogP contribution is 2.20. The van der Waals surface area contributed by atoms with E-state index in [4.69, 9.17) is 5.11 Å². The number of rotatable bonds is 7. The molecule has 0 unspecified atom stereocenters. The third-order valence-electron chi connectivity index (χ3n) is 3.20. The molecule has 0 saturated carbocycles. The Morgan fingerprint density at radius 1 is 1.35 bits per heavy atom. The van der Waals surface area contributed by atoms with Gasteiger partial charge in [0.25, 0.3) is 0 Å². The van der Waals surface area contributed by atoms with Gasteiger partial charge in [-0.15, -0.1) is 0 Å². The van der Waals surface area contributed by atoms with E-state index in [1.54, 1.807) is 0 Å². The number of hydrogen-bond acceptors (Lipinski definition) is 3. The molecule has 1 aromatic rings. The summed E-state index contributed by atoms with van der Waals surface area (Å²) in [6.45, 7) is 5.47. The molecule has 0 fully saturated rings. The maximum Gasteiger partial charge on any atom is 0.338 e. The van der Waals surface area contributed by atoms with Crippen LogP contribution in [0.5, 0.6) is 0 Å². The third-order valence-corrected chi connectivity index (χ3v) is 3.20. The van der Waals surface area contributed by atoms with Crippen molar-refractivity contribution in [3.05, 3.63) is 29.3 Å². The van der Waals surface area contributed by atoms with Gasteiger partial charge in [-0.05, 0) is 46.0 Å². The predicted molar refractivity (Wildman–Crippen MR) is 74.2 cm³/mol. The van der Waals surface area contributed by atoms with Crippen LogP contribution in [0.1, 0.15) is 30.6 Å². The Morgan fingerprint density at radius 2 is 2.00 bits per heavy atom. The van der Waals surface area contributed by atoms with Crippen LogP contribution in [0.15, 0.2) is 12.1 Å². The minimum atomic E-state index is -1.48. The lowest BCUT2D eigenvalue weighted by Crippen LogP contribution is -2.28. The summed E-state index contributed by atoms with van der Waals surface area (Å²) in [7, 11) is 1.99. The molecule has 4 nitrogen and oxygen atoms in total. The van der Waals surface area contributed by atoms with Gasteiger partial charge in [0.15, 0.2) is 11.6 Å². The Morgan fingerprint density at radius 3 is 2.55 bits per heavy atom. The van der Waals surface area contributed by atoms with E-state index in [1.807, 2.05) is 7.05 Å². The average Bonchev–Trinajstić information content (AvgIpc) is 2.38. The molecule has 0 saturated heterocycles. The molecule has 0 spiro atoms. The van der Waals surface area contributed by atoms with Crippen LogP contribution in [0.2, 0.25) is 0 Å². The molecule has 0 aliphatic carbocycles. The van der Waals surface area contributed by atoms with Crippen molar-refractivity contribution in [1.29, 1.82) is 0 Å². The van der Waals surface area contributed by atoms with E-state index in [-0.39, 0.29) is 5.69 Å². The molecule has 0 aliphatic heterocycles. The summed E-state index contributed by atoms with van der Waals surface area (Å²) in [6.07, 6.45) is 0.774. The van der Waals surface area contributed by atoms with Crippen LogP contribution in [0, 0.1) is 11.6 Å². The summed E-state index contributed by atoms with van der Waals surface area (Å²) < 4.78 is 27.1. The highest BCUT2D eigenvalue weighted by Gasteiger charge is 2.17. The lowest BCUT2D eigenvalue weighted by molar-refractivity contribution is 0.0690. The summed E-state index contributed by atoms with van der Waals surface area (Å²) in [4.78, 5) is 12.8. The molecule has 1 aromatic carbocycles. The van der Waals surface area contributed by atoms with Crippen molar-refractivity contribution >= 4 is 11.7 Å². The zero-order valence-electron chi connectivity index (χ0n) is 11.9. The first kappa shape index (κ1) is 16.4. The number of hydrogen-bond donors (Lipinski definition) is 2. The van der Waals surface area contributed by atoms with Crippen molar-refractivity contribution < 1.29 is 18.7 Å². The second-order valence-corrected chi connectivity index (χ2v) is 4.95. The number of carboxylic acid groups (broad SMARTS) is 1. The fourth-order valence-corrected chi connectivity index (χ4v) is 1.66. The second-order valence-electron chi connectivity index (χ2n) is 4.95. The van der Waals surface area contributed by atoms with Crippen molar-refractivity contribution in [1.82, 2.24) is 4.90 Å². The van der Waals surface area contributed by atoms with Crippen molar-refractivity contribution in [3.8, 4) is 0 Å². The maximum atomic E-state index is 13.6. The molecule has 0 aromatic heterocycles. The molecule has 0 atom stereocenters. The average molecular weight is 286 g/mol. The van der Waals surface area contributed by atoms with Gasteiger partial charge < -0.3 is 15.3 Å². The van der Waals surface area contributed by atoms with Crippen LogP contribution < -0.4 is 5.32 Å². The molecule has 0 heterocycles. The van der Waals surface area contributed by atoms with Crippen LogP contribution in [-0.2, 0) is 0 Å². The fourth-order valence-electron chi connectivity index (χ4n) is 1.66. The molecule has 1 rings (SSSR count). The smallest absolute Gasteiger partial charge is 0.338 e. The first-order valence-electron chi connectivity index (χ1n) is 6.50. The summed E-state index contributed by atoms with van der Waals surface area (Å²) in [5, 5.41) is 11.5. The van der Waals surface area contributed by atoms with Gasteiger partial charge in [0.2, 0.25) is 0 Å². The van der Waals surface area contributed by atoms with E-state index in [9.17, 15) is 13.6 Å². The van der Waals surface area contributed by atoms with Gasteiger partial charge in [-0.25, -0.2) is 13.6 Å². The van der Waals surface area contributed by atoms with Crippen molar-refractivity contribution in [3.63, 3.8) is 0 Å². The van der Waals surface area contributed by atoms with Crippen LogP contribution in [0.3, 0.4) is 0 Å². The fraction of sp³-hybridized carbons (Fsp3) is 0.500. The predicted octanol–water partition coefficient (Wildman–Crippen LogP) is 2.81. The topological polar surface area (TPSA) is 52.6 Å². The van der Waals surface area contributed by atoms with Crippen LogP contribution in [0.4, 0.5) is 14.5 Å². The van der Waals surface area contributed by atoms with Gasteiger partial charge in [-0.2, -0.15) is 0 Å². The zero-order valence-corrected chi connectivity index (χ0v) is 11.9. The third kappa shape index (κ3) is 4.16. The molecule has 0 bridgehead atoms. The number of halogens is 2. The van der Waals surface area contributed by atoms with Crippen LogP contribution >= 0.6 is 0 Å². The molecular weight excluding hydrogens is 266 g/mol. The Labute approximate surface area is 117 Å². The van der Waals surface area contributed by atoms with E-state index in [0.717, 1.165) is 19.0 Å². The number of nitrogens with zero attached hydrogens (tertiary/aromatic N) is 1. The standard InChI is InChI=1S/C14H20F2N2O2/c1-9(2)18(3)8-4-7-17-11-6-5-10(14(19)20)12(15)13(11)16/h5-6,9,17H,4,7-8H2,1-3H3,(H,19,20). The zero-order chi connectivity index (χ0) is 15.3. The molecule has 0 radical (unpaired) electrons. The Hall–Kier alpha value is -1.69. The molecule has 0 aliphatic rings. The van der Waals surface area contributed by atoms with Gasteiger partial charge in [0.1, 0.15) is 0 Å². The Bertz CT molecular complexity index is 478. The van der Waals surface area contributed by atoms with Gasteiger partial charge in [-0.3, -0.25) is 0 Å². The number of carbonyl (C=O) groups is 1. The number of aromatic carboxylic acids is 1. The van der Waals surface area contributed by atoms with E-state index in [2.05, 4.69) is 24.1 Å². The van der Waals surface area contributed by atoms with E-state index in [0.29, 0.717) is 12.6 Å². The monoisotopic (exact) mass is 286 g/mol. The Kier molecular flexibility index (Phi) is 5.88. The van der Waals surface area contributed by atoms with E-state index < -0.39 is 23.2 Å². The lowest BCUT2D eigenvalue weighted by Gasteiger charge is -2.20. The largest absolute Gasteiger partial charge is 0.478 e. The molecule has 2 N–H and O–H groups in total. The minimum Gasteiger partial charge on any atom is -0.478 e. The first-order valence-corrected chi connectivity index (χ1v) is 6.50. The van der Waals surface area contributed by atoms with Crippen molar-refractivity contribution in [2.45, 2.75) is 26.3 Å². The summed E-state index contributed by atoms with van der Waals surface area (Å²) >= 11 is 0. The molecule has 6 heteroatoms. The van der Waals surface area contributed by atoms with Crippen LogP contribution in [0.25, 0.3) is 0 Å². The number of anilines is 1. The summed E-state index contributed by atoms with van der Waals surface area (Å²) in [5.74, 6) is -3.96. The molecule has 112 valence electrons. The van der Waals surface area contributed by atoms with Gasteiger partial charge >= 0.3 is 5.97 Å². The van der Waals surface area contributed by atoms with E-state index >= 15 is 0 Å². The van der Waals surface area contributed by atoms with Gasteiger partial charge in [-0.1, -0.05) is 0 Å². The summed E-state index contributed by atoms with van der Waals surface area (Å²) in [6, 6.07) is 2.73. The molecule has 0 amide bonds. The molecule has 20 heavy (non-hydrogen) atoms. The van der Waals surface area contributed by atoms with Crippen molar-refractivity contribution in [2.75, 3.05) is 25.5 Å². The highest BCUT2D eigenvalue weighted by molar-refractivity contribution is 5.88. The SMILES string of the molecule is CC(C)N(C)CCCNc1ccc(C(=O)O)c(F)c1F. The number of carboxylic acids is 1. The Balaban J connectivity index is 2.57. The summed E-state index contributed by atoms with van der Waals surface area (Å²) in [5.41, 5.74) is -0.674.